The quantitative estimate of drug-likeness (QED) is 0.584. The average Bonchev–Trinajstić information content (AvgIpc) is 3.11. The van der Waals surface area contributed by atoms with Gasteiger partial charge in [-0.2, -0.15) is 0 Å². The zero-order valence-corrected chi connectivity index (χ0v) is 11.5. The lowest BCUT2D eigenvalue weighted by Crippen LogP contribution is -1.96. The summed E-state index contributed by atoms with van der Waals surface area (Å²) in [7, 11) is 0. The van der Waals surface area contributed by atoms with Gasteiger partial charge in [0, 0.05) is 16.3 Å². The van der Waals surface area contributed by atoms with Crippen molar-refractivity contribution in [3.8, 4) is 0 Å². The Bertz CT molecular complexity index is 930. The summed E-state index contributed by atoms with van der Waals surface area (Å²) in [5, 5.41) is 12.5. The topological polar surface area (TPSA) is 46.5 Å². The lowest BCUT2D eigenvalue weighted by molar-refractivity contribution is 0.192. The fraction of sp³-hybridized carbons (Fsp3) is 0.111. The van der Waals surface area contributed by atoms with E-state index in [4.69, 9.17) is 8.83 Å². The van der Waals surface area contributed by atoms with Crippen molar-refractivity contribution < 1.29 is 13.9 Å². The molecule has 104 valence electrons. The molecule has 2 aromatic heterocycles. The van der Waals surface area contributed by atoms with Gasteiger partial charge in [-0.15, -0.1) is 0 Å². The van der Waals surface area contributed by atoms with Gasteiger partial charge in [-0.3, -0.25) is 0 Å². The summed E-state index contributed by atoms with van der Waals surface area (Å²) in [5.74, 6) is 0.533. The van der Waals surface area contributed by atoms with Gasteiger partial charge < -0.3 is 13.9 Å². The summed E-state index contributed by atoms with van der Waals surface area (Å²) in [5.41, 5.74) is 3.36. The smallest absolute Gasteiger partial charge is 0.140 e. The van der Waals surface area contributed by atoms with Gasteiger partial charge in [0.15, 0.2) is 0 Å². The number of rotatable bonds is 2. The van der Waals surface area contributed by atoms with E-state index in [1.54, 1.807) is 6.26 Å². The monoisotopic (exact) mass is 278 g/mol. The minimum absolute atomic E-state index is 0.533. The minimum atomic E-state index is -0.833. The van der Waals surface area contributed by atoms with Crippen LogP contribution in [-0.2, 0) is 0 Å². The Labute approximate surface area is 121 Å². The van der Waals surface area contributed by atoms with Crippen LogP contribution in [0.25, 0.3) is 21.9 Å². The van der Waals surface area contributed by atoms with Crippen LogP contribution in [0.2, 0.25) is 0 Å². The minimum Gasteiger partial charge on any atom is -0.464 e. The molecular weight excluding hydrogens is 264 g/mol. The predicted octanol–water partition coefficient (Wildman–Crippen LogP) is 4.57. The molecule has 0 amide bonds. The Hall–Kier alpha value is -2.52. The van der Waals surface area contributed by atoms with Crippen molar-refractivity contribution in [2.24, 2.45) is 0 Å². The molecule has 1 N–H and O–H groups in total. The number of furan rings is 2. The van der Waals surface area contributed by atoms with Crippen molar-refractivity contribution in [3.05, 3.63) is 71.7 Å². The fourth-order valence-corrected chi connectivity index (χ4v) is 2.73. The van der Waals surface area contributed by atoms with Crippen LogP contribution >= 0.6 is 0 Å². The van der Waals surface area contributed by atoms with Crippen LogP contribution < -0.4 is 0 Å². The van der Waals surface area contributed by atoms with Gasteiger partial charge in [0.2, 0.25) is 0 Å². The molecule has 0 aliphatic heterocycles. The Morgan fingerprint density at radius 1 is 1.05 bits per heavy atom. The van der Waals surface area contributed by atoms with Gasteiger partial charge in [-0.1, -0.05) is 36.4 Å². The standard InChI is InChI=1S/C18H14O3/c1-11-5-4-6-12-9-16(21-18(11)12)17(19)14-10-20-15-8-3-2-7-13(14)15/h2-10,17,19H,1H3. The number of para-hydroxylation sites is 2. The number of aliphatic hydroxyl groups is 1. The first-order chi connectivity index (χ1) is 10.2. The molecule has 4 aromatic rings. The van der Waals surface area contributed by atoms with Crippen molar-refractivity contribution in [3.63, 3.8) is 0 Å². The molecule has 0 spiro atoms. The lowest BCUT2D eigenvalue weighted by atomic mass is 10.1. The SMILES string of the molecule is Cc1cccc2cc(C(O)c3coc4ccccc34)oc12. The zero-order valence-electron chi connectivity index (χ0n) is 11.5. The van der Waals surface area contributed by atoms with Crippen LogP contribution in [-0.4, -0.2) is 5.11 Å². The Kier molecular flexibility index (Phi) is 2.62. The predicted molar refractivity (Wildman–Crippen MR) is 81.2 cm³/mol. The van der Waals surface area contributed by atoms with Gasteiger partial charge in [0.1, 0.15) is 23.0 Å². The highest BCUT2D eigenvalue weighted by atomic mass is 16.4. The normalized spacial score (nSPS) is 13.0. The maximum absolute atomic E-state index is 10.6. The molecule has 0 radical (unpaired) electrons. The molecule has 3 heteroatoms. The van der Waals surface area contributed by atoms with Gasteiger partial charge in [-0.25, -0.2) is 0 Å². The Morgan fingerprint density at radius 3 is 2.76 bits per heavy atom. The number of benzene rings is 2. The molecular formula is C18H14O3. The van der Waals surface area contributed by atoms with Crippen LogP contribution in [0, 0.1) is 6.92 Å². The summed E-state index contributed by atoms with van der Waals surface area (Å²) in [4.78, 5) is 0. The second kappa shape index (κ2) is 4.50. The molecule has 0 saturated heterocycles. The zero-order chi connectivity index (χ0) is 14.4. The van der Waals surface area contributed by atoms with Crippen LogP contribution in [0.3, 0.4) is 0 Å². The third-order valence-electron chi connectivity index (χ3n) is 3.84. The third kappa shape index (κ3) is 1.86. The van der Waals surface area contributed by atoms with E-state index in [-0.39, 0.29) is 0 Å². The Balaban J connectivity index is 1.86. The van der Waals surface area contributed by atoms with Crippen molar-refractivity contribution in [1.29, 1.82) is 0 Å². The first-order valence-electron chi connectivity index (χ1n) is 6.87. The highest BCUT2D eigenvalue weighted by Crippen LogP contribution is 2.33. The maximum atomic E-state index is 10.6. The van der Waals surface area contributed by atoms with E-state index in [1.165, 1.54) is 0 Å². The highest BCUT2D eigenvalue weighted by molar-refractivity contribution is 5.83. The van der Waals surface area contributed by atoms with Crippen LogP contribution in [0.5, 0.6) is 0 Å². The van der Waals surface area contributed by atoms with Crippen molar-refractivity contribution in [2.75, 3.05) is 0 Å². The maximum Gasteiger partial charge on any atom is 0.140 e. The number of aliphatic hydroxyl groups excluding tert-OH is 1. The van der Waals surface area contributed by atoms with E-state index >= 15 is 0 Å². The second-order valence-corrected chi connectivity index (χ2v) is 5.23. The van der Waals surface area contributed by atoms with Crippen molar-refractivity contribution in [2.45, 2.75) is 13.0 Å². The second-order valence-electron chi connectivity index (χ2n) is 5.23. The number of hydrogen-bond acceptors (Lipinski definition) is 3. The van der Waals surface area contributed by atoms with Crippen molar-refractivity contribution in [1.82, 2.24) is 0 Å². The molecule has 21 heavy (non-hydrogen) atoms. The molecule has 1 atom stereocenters. The third-order valence-corrected chi connectivity index (χ3v) is 3.84. The summed E-state index contributed by atoms with van der Waals surface area (Å²) in [6.45, 7) is 2.00. The fourth-order valence-electron chi connectivity index (χ4n) is 2.73. The molecule has 2 heterocycles. The molecule has 3 nitrogen and oxygen atoms in total. The van der Waals surface area contributed by atoms with E-state index in [0.717, 1.165) is 33.1 Å². The number of hydrogen-bond donors (Lipinski definition) is 1. The molecule has 0 aliphatic carbocycles. The number of aryl methyl sites for hydroxylation is 1. The van der Waals surface area contributed by atoms with E-state index < -0.39 is 6.10 Å². The first kappa shape index (κ1) is 12.2. The molecule has 0 bridgehead atoms. The van der Waals surface area contributed by atoms with Gasteiger partial charge in [0.25, 0.3) is 0 Å². The van der Waals surface area contributed by atoms with Crippen LogP contribution in [0.15, 0.2) is 63.6 Å². The molecule has 2 aromatic carbocycles. The van der Waals surface area contributed by atoms with Crippen molar-refractivity contribution >= 4 is 21.9 Å². The summed E-state index contributed by atoms with van der Waals surface area (Å²) < 4.78 is 11.3. The van der Waals surface area contributed by atoms with E-state index in [0.29, 0.717) is 5.76 Å². The lowest BCUT2D eigenvalue weighted by Gasteiger charge is -2.05. The Morgan fingerprint density at radius 2 is 1.90 bits per heavy atom. The van der Waals surface area contributed by atoms with Gasteiger partial charge >= 0.3 is 0 Å². The van der Waals surface area contributed by atoms with E-state index in [9.17, 15) is 5.11 Å². The largest absolute Gasteiger partial charge is 0.464 e. The first-order valence-corrected chi connectivity index (χ1v) is 6.87. The number of fused-ring (bicyclic) bond motifs is 2. The van der Waals surface area contributed by atoms with E-state index in [1.807, 2.05) is 55.5 Å². The van der Waals surface area contributed by atoms with E-state index in [2.05, 4.69) is 0 Å². The summed E-state index contributed by atoms with van der Waals surface area (Å²) in [6.07, 6.45) is 0.760. The molecule has 4 rings (SSSR count). The average molecular weight is 278 g/mol. The molecule has 0 aliphatic rings. The summed E-state index contributed by atoms with van der Waals surface area (Å²) >= 11 is 0. The van der Waals surface area contributed by atoms with Gasteiger partial charge in [0.05, 0.1) is 6.26 Å². The molecule has 0 fully saturated rings. The molecule has 0 saturated carbocycles. The highest BCUT2D eigenvalue weighted by Gasteiger charge is 2.20. The van der Waals surface area contributed by atoms with Gasteiger partial charge in [-0.05, 0) is 24.6 Å². The van der Waals surface area contributed by atoms with Crippen LogP contribution in [0.1, 0.15) is 23.0 Å². The molecule has 1 unspecified atom stereocenters. The summed E-state index contributed by atoms with van der Waals surface area (Å²) in [6, 6.07) is 15.5. The van der Waals surface area contributed by atoms with Crippen LogP contribution in [0.4, 0.5) is 0 Å².